The van der Waals surface area contributed by atoms with Gasteiger partial charge in [0.05, 0.1) is 0 Å². The molecule has 0 amide bonds. The molecule has 2 aromatic heterocycles. The molecule has 2 rings (SSSR count). The third-order valence-corrected chi connectivity index (χ3v) is 3.05. The van der Waals surface area contributed by atoms with E-state index in [0.717, 1.165) is 35.9 Å². The van der Waals surface area contributed by atoms with Crippen LogP contribution in [0.5, 0.6) is 0 Å². The topological polar surface area (TPSA) is 62.7 Å². The number of nitrogens with one attached hydrogen (secondary N) is 2. The monoisotopic (exact) mass is 271 g/mol. The molecule has 0 saturated carbocycles. The summed E-state index contributed by atoms with van der Waals surface area (Å²) in [6.07, 6.45) is 5.26. The first kappa shape index (κ1) is 14.2. The molecule has 2 N–H and O–H groups in total. The number of pyridine rings is 1. The summed E-state index contributed by atoms with van der Waals surface area (Å²) in [6, 6.07) is 3.99. The molecular weight excluding hydrogens is 250 g/mol. The van der Waals surface area contributed by atoms with Crippen molar-refractivity contribution in [2.45, 2.75) is 26.7 Å². The minimum absolute atomic E-state index is 0.413. The van der Waals surface area contributed by atoms with Gasteiger partial charge in [0, 0.05) is 42.9 Å². The molecule has 0 aliphatic rings. The van der Waals surface area contributed by atoms with Crippen molar-refractivity contribution in [2.75, 3.05) is 23.7 Å². The van der Waals surface area contributed by atoms with E-state index < -0.39 is 0 Å². The van der Waals surface area contributed by atoms with Crippen molar-refractivity contribution in [1.82, 2.24) is 15.0 Å². The highest BCUT2D eigenvalue weighted by atomic mass is 15.0. The normalized spacial score (nSPS) is 10.6. The Morgan fingerprint density at radius 3 is 2.70 bits per heavy atom. The van der Waals surface area contributed by atoms with Crippen LogP contribution in [0.15, 0.2) is 30.9 Å². The van der Waals surface area contributed by atoms with Crippen molar-refractivity contribution in [3.8, 4) is 0 Å². The molecule has 106 valence electrons. The summed E-state index contributed by atoms with van der Waals surface area (Å²) in [5, 5.41) is 6.68. The van der Waals surface area contributed by atoms with Gasteiger partial charge < -0.3 is 10.6 Å². The first-order valence-corrected chi connectivity index (χ1v) is 6.87. The summed E-state index contributed by atoms with van der Waals surface area (Å²) in [6.45, 7) is 7.92. The lowest BCUT2D eigenvalue weighted by Crippen LogP contribution is -2.15. The summed E-state index contributed by atoms with van der Waals surface area (Å²) in [4.78, 5) is 12.6. The van der Waals surface area contributed by atoms with Crippen molar-refractivity contribution >= 4 is 11.5 Å². The predicted octanol–water partition coefficient (Wildman–Crippen LogP) is 2.83. The summed E-state index contributed by atoms with van der Waals surface area (Å²) < 4.78 is 0. The third kappa shape index (κ3) is 3.91. The van der Waals surface area contributed by atoms with Gasteiger partial charge >= 0.3 is 0 Å². The van der Waals surface area contributed by atoms with Crippen LogP contribution in [0.3, 0.4) is 0 Å². The van der Waals surface area contributed by atoms with E-state index in [1.54, 1.807) is 12.5 Å². The largest absolute Gasteiger partial charge is 0.383 e. The molecule has 0 aromatic carbocycles. The van der Waals surface area contributed by atoms with Gasteiger partial charge in [0.1, 0.15) is 12.1 Å². The third-order valence-electron chi connectivity index (χ3n) is 3.05. The van der Waals surface area contributed by atoms with Crippen LogP contribution in [-0.4, -0.2) is 28.0 Å². The maximum Gasteiger partial charge on any atom is 0.129 e. The second-order valence-electron chi connectivity index (χ2n) is 5.03. The second-order valence-corrected chi connectivity index (χ2v) is 5.03. The highest BCUT2D eigenvalue weighted by Gasteiger charge is 2.02. The van der Waals surface area contributed by atoms with Crippen LogP contribution >= 0.6 is 0 Å². The Bertz CT molecular complexity index is 553. The zero-order chi connectivity index (χ0) is 14.4. The van der Waals surface area contributed by atoms with E-state index in [1.807, 2.05) is 25.3 Å². The summed E-state index contributed by atoms with van der Waals surface area (Å²) in [5.74, 6) is 1.29. The molecule has 2 heterocycles. The van der Waals surface area contributed by atoms with Gasteiger partial charge in [-0.25, -0.2) is 9.97 Å². The van der Waals surface area contributed by atoms with Gasteiger partial charge in [-0.3, -0.25) is 4.98 Å². The Hall–Kier alpha value is -2.17. The van der Waals surface area contributed by atoms with Crippen molar-refractivity contribution in [1.29, 1.82) is 0 Å². The fourth-order valence-electron chi connectivity index (χ4n) is 1.84. The van der Waals surface area contributed by atoms with Gasteiger partial charge in [-0.1, -0.05) is 13.8 Å². The Kier molecular flexibility index (Phi) is 4.87. The molecule has 0 bridgehead atoms. The highest BCUT2D eigenvalue weighted by Crippen LogP contribution is 2.13. The first-order valence-electron chi connectivity index (χ1n) is 6.87. The average molecular weight is 271 g/mol. The molecule has 0 radical (unpaired) electrons. The Labute approximate surface area is 119 Å². The highest BCUT2D eigenvalue weighted by molar-refractivity contribution is 5.48. The van der Waals surface area contributed by atoms with Crippen LogP contribution in [0.2, 0.25) is 0 Å². The van der Waals surface area contributed by atoms with Crippen LogP contribution < -0.4 is 10.6 Å². The van der Waals surface area contributed by atoms with Gasteiger partial charge in [-0.2, -0.15) is 0 Å². The molecule has 2 aromatic rings. The number of aryl methyl sites for hydroxylation is 1. The van der Waals surface area contributed by atoms with Crippen LogP contribution in [0.4, 0.5) is 11.5 Å². The van der Waals surface area contributed by atoms with E-state index in [-0.39, 0.29) is 0 Å². The number of rotatable bonds is 6. The van der Waals surface area contributed by atoms with E-state index in [0.29, 0.717) is 5.92 Å². The SMILES string of the molecule is Cc1cnccc1NCCNc1cc(C(C)C)ncn1. The van der Waals surface area contributed by atoms with E-state index in [4.69, 9.17) is 0 Å². The quantitative estimate of drug-likeness (QED) is 0.791. The number of hydrogen-bond donors (Lipinski definition) is 2. The van der Waals surface area contributed by atoms with Crippen LogP contribution in [0.25, 0.3) is 0 Å². The molecular formula is C15H21N5. The molecule has 0 aliphatic carbocycles. The lowest BCUT2D eigenvalue weighted by atomic mass is 10.1. The standard InChI is InChI=1S/C15H21N5/c1-11(2)14-8-15(20-10-19-14)18-7-6-17-13-4-5-16-9-12(13)3/h4-5,8-11H,6-7H2,1-3H3,(H,16,17)(H,18,19,20). The Morgan fingerprint density at radius 2 is 1.95 bits per heavy atom. The Balaban J connectivity index is 1.82. The van der Waals surface area contributed by atoms with Crippen molar-refractivity contribution in [3.63, 3.8) is 0 Å². The van der Waals surface area contributed by atoms with Gasteiger partial charge in [0.15, 0.2) is 0 Å². The summed E-state index contributed by atoms with van der Waals surface area (Å²) in [5.41, 5.74) is 3.32. The lowest BCUT2D eigenvalue weighted by molar-refractivity contribution is 0.814. The molecule has 5 heteroatoms. The molecule has 5 nitrogen and oxygen atoms in total. The predicted molar refractivity (Wildman–Crippen MR) is 82.1 cm³/mol. The van der Waals surface area contributed by atoms with E-state index in [1.165, 1.54) is 0 Å². The second kappa shape index (κ2) is 6.84. The maximum atomic E-state index is 4.25. The van der Waals surface area contributed by atoms with Crippen molar-refractivity contribution < 1.29 is 0 Å². The van der Waals surface area contributed by atoms with Crippen LogP contribution in [0, 0.1) is 6.92 Å². The minimum Gasteiger partial charge on any atom is -0.383 e. The van der Waals surface area contributed by atoms with Crippen molar-refractivity contribution in [2.24, 2.45) is 0 Å². The molecule has 0 unspecified atom stereocenters. The molecule has 0 fully saturated rings. The van der Waals surface area contributed by atoms with Crippen molar-refractivity contribution in [3.05, 3.63) is 42.1 Å². The Morgan fingerprint density at radius 1 is 1.15 bits per heavy atom. The summed E-state index contributed by atoms with van der Waals surface area (Å²) in [7, 11) is 0. The van der Waals surface area contributed by atoms with E-state index in [2.05, 4.69) is 39.4 Å². The van der Waals surface area contributed by atoms with E-state index >= 15 is 0 Å². The fourth-order valence-corrected chi connectivity index (χ4v) is 1.84. The minimum atomic E-state index is 0.413. The molecule has 20 heavy (non-hydrogen) atoms. The van der Waals surface area contributed by atoms with E-state index in [9.17, 15) is 0 Å². The van der Waals surface area contributed by atoms with Crippen LogP contribution in [0.1, 0.15) is 31.0 Å². The van der Waals surface area contributed by atoms with Crippen LogP contribution in [-0.2, 0) is 0 Å². The maximum absolute atomic E-state index is 4.25. The van der Waals surface area contributed by atoms with Gasteiger partial charge in [0.2, 0.25) is 0 Å². The first-order chi connectivity index (χ1) is 9.66. The number of hydrogen-bond acceptors (Lipinski definition) is 5. The van der Waals surface area contributed by atoms with Gasteiger partial charge in [-0.05, 0) is 24.5 Å². The summed E-state index contributed by atoms with van der Waals surface area (Å²) >= 11 is 0. The number of anilines is 2. The molecule has 0 saturated heterocycles. The zero-order valence-electron chi connectivity index (χ0n) is 12.2. The van der Waals surface area contributed by atoms with Gasteiger partial charge in [-0.15, -0.1) is 0 Å². The lowest BCUT2D eigenvalue weighted by Gasteiger charge is -2.11. The van der Waals surface area contributed by atoms with Gasteiger partial charge in [0.25, 0.3) is 0 Å². The average Bonchev–Trinajstić information content (AvgIpc) is 2.45. The number of nitrogens with zero attached hydrogens (tertiary/aromatic N) is 3. The number of aromatic nitrogens is 3. The molecule has 0 aliphatic heterocycles. The zero-order valence-corrected chi connectivity index (χ0v) is 12.2. The smallest absolute Gasteiger partial charge is 0.129 e. The molecule has 0 spiro atoms. The molecule has 0 atom stereocenters. The fraction of sp³-hybridized carbons (Fsp3) is 0.400.